The number of carbonyl (C=O) groups excluding carboxylic acids is 2. The minimum atomic E-state index is -0.988. The molecule has 7 nitrogen and oxygen atoms in total. The van der Waals surface area contributed by atoms with Crippen molar-refractivity contribution in [2.75, 3.05) is 0 Å². The molecule has 186 valence electrons. The van der Waals surface area contributed by atoms with Crippen LogP contribution < -0.4 is 15.7 Å². The van der Waals surface area contributed by atoms with Gasteiger partial charge in [0.1, 0.15) is 23.0 Å². The molecule has 0 saturated carbocycles. The molecule has 0 aliphatic carbocycles. The van der Waals surface area contributed by atoms with E-state index in [2.05, 4.69) is 12.2 Å². The summed E-state index contributed by atoms with van der Waals surface area (Å²) in [6.45, 7) is 9.15. The van der Waals surface area contributed by atoms with Crippen LogP contribution in [-0.4, -0.2) is 23.7 Å². The summed E-state index contributed by atoms with van der Waals surface area (Å²) in [5.41, 5.74) is 1.60. The molecule has 0 bridgehead atoms. The minimum Gasteiger partial charge on any atom is -0.444 e. The van der Waals surface area contributed by atoms with E-state index in [0.717, 1.165) is 29.5 Å². The highest BCUT2D eigenvalue weighted by Gasteiger charge is 2.27. The van der Waals surface area contributed by atoms with Crippen molar-refractivity contribution in [3.63, 3.8) is 0 Å². The number of ether oxygens (including phenoxy) is 2. The summed E-state index contributed by atoms with van der Waals surface area (Å²) >= 11 is 0. The number of carbonyl (C=O) groups is 2. The molecule has 0 aliphatic rings. The lowest BCUT2D eigenvalue weighted by Gasteiger charge is -2.23. The highest BCUT2D eigenvalue weighted by molar-refractivity contribution is 5.91. The van der Waals surface area contributed by atoms with Crippen molar-refractivity contribution in [2.24, 2.45) is 0 Å². The van der Waals surface area contributed by atoms with Gasteiger partial charge in [-0.25, -0.2) is 14.4 Å². The number of aryl methyl sites for hydroxylation is 2. The second kappa shape index (κ2) is 11.2. The van der Waals surface area contributed by atoms with Gasteiger partial charge >= 0.3 is 17.7 Å². The van der Waals surface area contributed by atoms with Gasteiger partial charge in [-0.1, -0.05) is 43.7 Å². The maximum atomic E-state index is 13.4. The smallest absolute Gasteiger partial charge is 0.408 e. The Morgan fingerprint density at radius 1 is 1.09 bits per heavy atom. The van der Waals surface area contributed by atoms with E-state index >= 15 is 0 Å². The molecule has 0 unspecified atom stereocenters. The number of hydrogen-bond donors (Lipinski definition) is 1. The first-order valence-electron chi connectivity index (χ1n) is 11.9. The Bertz CT molecular complexity index is 1240. The molecule has 35 heavy (non-hydrogen) atoms. The first-order chi connectivity index (χ1) is 16.6. The average molecular weight is 480 g/mol. The molecule has 2 aromatic carbocycles. The molecule has 0 spiro atoms. The highest BCUT2D eigenvalue weighted by Crippen LogP contribution is 2.31. The largest absolute Gasteiger partial charge is 0.444 e. The van der Waals surface area contributed by atoms with Crippen LogP contribution in [0.4, 0.5) is 4.79 Å². The summed E-state index contributed by atoms with van der Waals surface area (Å²) < 4.78 is 16.7. The van der Waals surface area contributed by atoms with Gasteiger partial charge in [-0.15, -0.1) is 0 Å². The Labute approximate surface area is 205 Å². The van der Waals surface area contributed by atoms with Crippen LogP contribution in [0.2, 0.25) is 0 Å². The molecule has 3 aromatic rings. The molecule has 1 aromatic heterocycles. The van der Waals surface area contributed by atoms with Gasteiger partial charge in [-0.05, 0) is 69.4 Å². The van der Waals surface area contributed by atoms with Crippen LogP contribution in [0.3, 0.4) is 0 Å². The zero-order valence-corrected chi connectivity index (χ0v) is 21.0. The summed E-state index contributed by atoms with van der Waals surface area (Å²) in [5.74, 6) is -0.344. The number of esters is 1. The third kappa shape index (κ3) is 7.44. The fourth-order valence-electron chi connectivity index (χ4n) is 3.79. The van der Waals surface area contributed by atoms with Crippen LogP contribution in [0.1, 0.15) is 57.2 Å². The fourth-order valence-corrected chi connectivity index (χ4v) is 3.79. The topological polar surface area (TPSA) is 94.8 Å². The van der Waals surface area contributed by atoms with Crippen molar-refractivity contribution >= 4 is 23.0 Å². The lowest BCUT2D eigenvalue weighted by molar-refractivity contribution is -0.136. The van der Waals surface area contributed by atoms with Crippen molar-refractivity contribution < 1.29 is 23.5 Å². The minimum absolute atomic E-state index is 0.223. The predicted molar refractivity (Wildman–Crippen MR) is 135 cm³/mol. The molecule has 1 atom stereocenters. The monoisotopic (exact) mass is 479 g/mol. The molecule has 0 saturated heterocycles. The van der Waals surface area contributed by atoms with Crippen LogP contribution in [0.15, 0.2) is 57.7 Å². The SMILES string of the molecule is CCCCc1cc(=O)oc2cc(C)cc(OC(=O)[C@H](Cc3ccccc3)NC(=O)OC(C)(C)C)c12. The number of nitrogens with one attached hydrogen (secondary N) is 1. The molecular weight excluding hydrogens is 446 g/mol. The van der Waals surface area contributed by atoms with E-state index < -0.39 is 29.3 Å². The van der Waals surface area contributed by atoms with Crippen molar-refractivity contribution in [1.29, 1.82) is 0 Å². The molecule has 7 heteroatoms. The van der Waals surface area contributed by atoms with Gasteiger partial charge in [0.15, 0.2) is 0 Å². The van der Waals surface area contributed by atoms with Gasteiger partial charge in [0.2, 0.25) is 0 Å². The van der Waals surface area contributed by atoms with Crippen molar-refractivity contribution in [3.05, 3.63) is 75.6 Å². The van der Waals surface area contributed by atoms with Gasteiger partial charge in [-0.2, -0.15) is 0 Å². The first-order valence-corrected chi connectivity index (χ1v) is 11.9. The van der Waals surface area contributed by atoms with Gasteiger partial charge in [-0.3, -0.25) is 0 Å². The van der Waals surface area contributed by atoms with Crippen LogP contribution in [-0.2, 0) is 22.4 Å². The average Bonchev–Trinajstić information content (AvgIpc) is 2.75. The van der Waals surface area contributed by atoms with Gasteiger partial charge in [0.25, 0.3) is 0 Å². The molecule has 0 aliphatic heterocycles. The zero-order chi connectivity index (χ0) is 25.6. The van der Waals surface area contributed by atoms with E-state index in [0.29, 0.717) is 23.1 Å². The van der Waals surface area contributed by atoms with Gasteiger partial charge in [0.05, 0.1) is 5.39 Å². The molecule has 1 N–H and O–H groups in total. The maximum absolute atomic E-state index is 13.4. The quantitative estimate of drug-likeness (QED) is 0.261. The van der Waals surface area contributed by atoms with Crippen LogP contribution in [0, 0.1) is 6.92 Å². The van der Waals surface area contributed by atoms with Gasteiger partial charge in [0, 0.05) is 12.5 Å². The Balaban J connectivity index is 1.96. The maximum Gasteiger partial charge on any atom is 0.408 e. The van der Waals surface area contributed by atoms with Crippen LogP contribution >= 0.6 is 0 Å². The van der Waals surface area contributed by atoms with Crippen molar-refractivity contribution in [1.82, 2.24) is 5.32 Å². The predicted octanol–water partition coefficient (Wildman–Crippen LogP) is 5.49. The molecule has 3 rings (SSSR count). The zero-order valence-electron chi connectivity index (χ0n) is 21.0. The number of unbranched alkanes of at least 4 members (excludes halogenated alkanes) is 1. The third-order valence-corrected chi connectivity index (χ3v) is 5.30. The van der Waals surface area contributed by atoms with E-state index in [1.165, 1.54) is 6.07 Å². The highest BCUT2D eigenvalue weighted by atomic mass is 16.6. The third-order valence-electron chi connectivity index (χ3n) is 5.30. The lowest BCUT2D eigenvalue weighted by Crippen LogP contribution is -2.46. The Morgan fingerprint density at radius 2 is 1.80 bits per heavy atom. The standard InChI is InChI=1S/C28H33NO6/c1-6-7-13-20-17-24(30)33-22-14-18(2)15-23(25(20)22)34-26(31)21(16-19-11-9-8-10-12-19)29-27(32)35-28(3,4)5/h8-12,14-15,17,21H,6-7,13,16H2,1-5H3,(H,29,32)/t21-/m0/s1. The second-order valence-corrected chi connectivity index (χ2v) is 9.64. The molecule has 1 amide bonds. The van der Waals surface area contributed by atoms with E-state index in [1.807, 2.05) is 37.3 Å². The van der Waals surface area contributed by atoms with E-state index in [4.69, 9.17) is 13.9 Å². The lowest BCUT2D eigenvalue weighted by atomic mass is 10.0. The van der Waals surface area contributed by atoms with E-state index in [9.17, 15) is 14.4 Å². The number of amides is 1. The summed E-state index contributed by atoms with van der Waals surface area (Å²) in [4.78, 5) is 38.0. The number of hydrogen-bond acceptors (Lipinski definition) is 6. The Kier molecular flexibility index (Phi) is 8.33. The Morgan fingerprint density at radius 3 is 2.46 bits per heavy atom. The van der Waals surface area contributed by atoms with E-state index in [-0.39, 0.29) is 6.42 Å². The molecule has 0 radical (unpaired) electrons. The molecule has 1 heterocycles. The van der Waals surface area contributed by atoms with Crippen LogP contribution in [0.5, 0.6) is 5.75 Å². The number of benzene rings is 2. The Hall–Kier alpha value is -3.61. The summed E-state index contributed by atoms with van der Waals surface area (Å²) in [6, 6.07) is 13.3. The van der Waals surface area contributed by atoms with Gasteiger partial charge < -0.3 is 19.2 Å². The van der Waals surface area contributed by atoms with E-state index in [1.54, 1.807) is 32.9 Å². The summed E-state index contributed by atoms with van der Waals surface area (Å²) in [6.07, 6.45) is 1.98. The number of rotatable bonds is 8. The normalized spacial score (nSPS) is 12.3. The van der Waals surface area contributed by atoms with Crippen LogP contribution in [0.25, 0.3) is 11.0 Å². The summed E-state index contributed by atoms with van der Waals surface area (Å²) in [7, 11) is 0. The van der Waals surface area contributed by atoms with Crippen molar-refractivity contribution in [3.8, 4) is 5.75 Å². The summed E-state index contributed by atoms with van der Waals surface area (Å²) in [5, 5.41) is 3.24. The first kappa shape index (κ1) is 26.0. The second-order valence-electron chi connectivity index (χ2n) is 9.64. The van der Waals surface area contributed by atoms with Crippen molar-refractivity contribution in [2.45, 2.75) is 71.9 Å². The molecule has 0 fully saturated rings. The fraction of sp³-hybridized carbons (Fsp3) is 0.393. The number of alkyl carbamates (subject to hydrolysis) is 1. The number of fused-ring (bicyclic) bond motifs is 1. The molecular formula is C28H33NO6.